The second-order valence-corrected chi connectivity index (χ2v) is 5.04. The SMILES string of the molecule is Cc1ccc(C(N)COc2ccccc2C)c(C)c1. The van der Waals surface area contributed by atoms with Gasteiger partial charge in [0.25, 0.3) is 0 Å². The molecule has 1 unspecified atom stereocenters. The van der Waals surface area contributed by atoms with Crippen molar-refractivity contribution in [1.29, 1.82) is 0 Å². The van der Waals surface area contributed by atoms with Crippen LogP contribution in [0, 0.1) is 20.8 Å². The first kappa shape index (κ1) is 13.6. The maximum Gasteiger partial charge on any atom is 0.122 e. The standard InChI is InChI=1S/C17H21NO/c1-12-8-9-15(14(3)10-12)16(18)11-19-17-7-5-4-6-13(17)2/h4-10,16H,11,18H2,1-3H3. The summed E-state index contributed by atoms with van der Waals surface area (Å²) < 4.78 is 5.81. The smallest absolute Gasteiger partial charge is 0.122 e. The Hall–Kier alpha value is -1.80. The molecule has 0 heterocycles. The van der Waals surface area contributed by atoms with Crippen LogP contribution in [0.15, 0.2) is 42.5 Å². The van der Waals surface area contributed by atoms with Crippen LogP contribution in [0.1, 0.15) is 28.3 Å². The lowest BCUT2D eigenvalue weighted by molar-refractivity contribution is 0.288. The van der Waals surface area contributed by atoms with Gasteiger partial charge in [0.1, 0.15) is 12.4 Å². The summed E-state index contributed by atoms with van der Waals surface area (Å²) in [6, 6.07) is 14.2. The van der Waals surface area contributed by atoms with Crippen LogP contribution < -0.4 is 10.5 Å². The first-order valence-corrected chi connectivity index (χ1v) is 6.59. The van der Waals surface area contributed by atoms with Crippen molar-refractivity contribution in [1.82, 2.24) is 0 Å². The van der Waals surface area contributed by atoms with E-state index < -0.39 is 0 Å². The molecule has 2 aromatic rings. The second-order valence-electron chi connectivity index (χ2n) is 5.04. The summed E-state index contributed by atoms with van der Waals surface area (Å²) >= 11 is 0. The Bertz CT molecular complexity index is 563. The fourth-order valence-corrected chi connectivity index (χ4v) is 2.23. The molecule has 0 saturated heterocycles. The van der Waals surface area contributed by atoms with Crippen molar-refractivity contribution in [2.75, 3.05) is 6.61 Å². The van der Waals surface area contributed by atoms with E-state index in [1.165, 1.54) is 11.1 Å². The lowest BCUT2D eigenvalue weighted by Crippen LogP contribution is -2.20. The van der Waals surface area contributed by atoms with Crippen LogP contribution in [0.3, 0.4) is 0 Å². The lowest BCUT2D eigenvalue weighted by Gasteiger charge is -2.17. The molecule has 2 N–H and O–H groups in total. The van der Waals surface area contributed by atoms with Gasteiger partial charge >= 0.3 is 0 Å². The van der Waals surface area contributed by atoms with Crippen LogP contribution in [0.25, 0.3) is 0 Å². The highest BCUT2D eigenvalue weighted by atomic mass is 16.5. The van der Waals surface area contributed by atoms with E-state index in [1.807, 2.05) is 31.2 Å². The average Bonchev–Trinajstić information content (AvgIpc) is 2.37. The van der Waals surface area contributed by atoms with Gasteiger partial charge in [0.15, 0.2) is 0 Å². The Morgan fingerprint density at radius 2 is 1.74 bits per heavy atom. The zero-order valence-electron chi connectivity index (χ0n) is 11.8. The number of rotatable bonds is 4. The number of benzene rings is 2. The quantitative estimate of drug-likeness (QED) is 0.904. The summed E-state index contributed by atoms with van der Waals surface area (Å²) in [6.07, 6.45) is 0. The van der Waals surface area contributed by atoms with Crippen molar-refractivity contribution in [3.05, 3.63) is 64.7 Å². The predicted molar refractivity (Wildman–Crippen MR) is 79.5 cm³/mol. The molecule has 2 rings (SSSR count). The number of ether oxygens (including phenoxy) is 1. The molecule has 1 atom stereocenters. The van der Waals surface area contributed by atoms with Crippen molar-refractivity contribution < 1.29 is 4.74 Å². The van der Waals surface area contributed by atoms with Gasteiger partial charge < -0.3 is 10.5 Å². The highest BCUT2D eigenvalue weighted by Gasteiger charge is 2.10. The van der Waals surface area contributed by atoms with E-state index >= 15 is 0 Å². The summed E-state index contributed by atoms with van der Waals surface area (Å²) in [6.45, 7) is 6.72. The average molecular weight is 255 g/mol. The molecule has 100 valence electrons. The maximum absolute atomic E-state index is 6.22. The first-order chi connectivity index (χ1) is 9.08. The molecule has 2 nitrogen and oxygen atoms in total. The minimum atomic E-state index is -0.0970. The fraction of sp³-hybridized carbons (Fsp3) is 0.294. The molecular weight excluding hydrogens is 234 g/mol. The van der Waals surface area contributed by atoms with E-state index in [0.29, 0.717) is 6.61 Å². The van der Waals surface area contributed by atoms with Gasteiger partial charge in [0, 0.05) is 0 Å². The highest BCUT2D eigenvalue weighted by molar-refractivity contribution is 5.34. The van der Waals surface area contributed by atoms with E-state index in [0.717, 1.165) is 16.9 Å². The minimum absolute atomic E-state index is 0.0970. The summed E-state index contributed by atoms with van der Waals surface area (Å²) in [5.41, 5.74) is 11.0. The molecule has 0 aromatic heterocycles. The third-order valence-corrected chi connectivity index (χ3v) is 3.34. The van der Waals surface area contributed by atoms with Crippen molar-refractivity contribution in [2.45, 2.75) is 26.8 Å². The number of para-hydroxylation sites is 1. The van der Waals surface area contributed by atoms with E-state index in [-0.39, 0.29) is 6.04 Å². The van der Waals surface area contributed by atoms with Gasteiger partial charge in [0.05, 0.1) is 6.04 Å². The van der Waals surface area contributed by atoms with Crippen LogP contribution in [-0.2, 0) is 0 Å². The van der Waals surface area contributed by atoms with E-state index in [2.05, 4.69) is 32.0 Å². The maximum atomic E-state index is 6.22. The molecule has 2 heteroatoms. The number of hydrogen-bond acceptors (Lipinski definition) is 2. The Balaban J connectivity index is 2.05. The van der Waals surface area contributed by atoms with Crippen LogP contribution >= 0.6 is 0 Å². The van der Waals surface area contributed by atoms with Gasteiger partial charge in [-0.2, -0.15) is 0 Å². The number of hydrogen-bond donors (Lipinski definition) is 1. The molecule has 0 spiro atoms. The summed E-state index contributed by atoms with van der Waals surface area (Å²) in [5.74, 6) is 0.905. The molecule has 0 saturated carbocycles. The summed E-state index contributed by atoms with van der Waals surface area (Å²) in [7, 11) is 0. The lowest BCUT2D eigenvalue weighted by atomic mass is 10.0. The van der Waals surface area contributed by atoms with Crippen LogP contribution in [-0.4, -0.2) is 6.61 Å². The van der Waals surface area contributed by atoms with E-state index in [1.54, 1.807) is 0 Å². The van der Waals surface area contributed by atoms with Crippen LogP contribution in [0.4, 0.5) is 0 Å². The van der Waals surface area contributed by atoms with E-state index in [9.17, 15) is 0 Å². The number of nitrogens with two attached hydrogens (primary N) is 1. The molecule has 0 aliphatic carbocycles. The summed E-state index contributed by atoms with van der Waals surface area (Å²) in [4.78, 5) is 0. The van der Waals surface area contributed by atoms with Gasteiger partial charge in [-0.3, -0.25) is 0 Å². The van der Waals surface area contributed by atoms with Gasteiger partial charge in [-0.15, -0.1) is 0 Å². The first-order valence-electron chi connectivity index (χ1n) is 6.59. The Morgan fingerprint density at radius 1 is 1.00 bits per heavy atom. The third-order valence-electron chi connectivity index (χ3n) is 3.34. The molecule has 0 aliphatic heterocycles. The van der Waals surface area contributed by atoms with Crippen molar-refractivity contribution >= 4 is 0 Å². The van der Waals surface area contributed by atoms with Crippen molar-refractivity contribution in [3.63, 3.8) is 0 Å². The van der Waals surface area contributed by atoms with Gasteiger partial charge in [-0.25, -0.2) is 0 Å². The summed E-state index contributed by atoms with van der Waals surface area (Å²) in [5, 5.41) is 0. The highest BCUT2D eigenvalue weighted by Crippen LogP contribution is 2.21. The second kappa shape index (κ2) is 5.89. The van der Waals surface area contributed by atoms with E-state index in [4.69, 9.17) is 10.5 Å². The molecule has 0 aliphatic rings. The van der Waals surface area contributed by atoms with Crippen LogP contribution in [0.2, 0.25) is 0 Å². The van der Waals surface area contributed by atoms with Crippen molar-refractivity contribution in [3.8, 4) is 5.75 Å². The molecule has 2 aromatic carbocycles. The molecular formula is C17H21NO. The molecule has 0 radical (unpaired) electrons. The van der Waals surface area contributed by atoms with Crippen LogP contribution in [0.5, 0.6) is 5.75 Å². The normalized spacial score (nSPS) is 12.2. The molecule has 0 amide bonds. The van der Waals surface area contributed by atoms with Gasteiger partial charge in [-0.1, -0.05) is 42.0 Å². The zero-order chi connectivity index (χ0) is 13.8. The van der Waals surface area contributed by atoms with Gasteiger partial charge in [0.2, 0.25) is 0 Å². The monoisotopic (exact) mass is 255 g/mol. The molecule has 19 heavy (non-hydrogen) atoms. The number of aryl methyl sites for hydroxylation is 3. The van der Waals surface area contributed by atoms with Crippen molar-refractivity contribution in [2.24, 2.45) is 5.73 Å². The fourth-order valence-electron chi connectivity index (χ4n) is 2.23. The minimum Gasteiger partial charge on any atom is -0.491 e. The topological polar surface area (TPSA) is 35.2 Å². The zero-order valence-corrected chi connectivity index (χ0v) is 11.8. The Morgan fingerprint density at radius 3 is 2.42 bits per heavy atom. The molecule has 0 fully saturated rings. The Kier molecular flexibility index (Phi) is 4.23. The Labute approximate surface area is 115 Å². The molecule has 0 bridgehead atoms. The largest absolute Gasteiger partial charge is 0.491 e. The predicted octanol–water partition coefficient (Wildman–Crippen LogP) is 3.69. The van der Waals surface area contributed by atoms with Gasteiger partial charge in [-0.05, 0) is 43.5 Å². The third kappa shape index (κ3) is 3.36.